The van der Waals surface area contributed by atoms with E-state index < -0.39 is 0 Å². The number of nitrogens with zero attached hydrogens (tertiary/aromatic N) is 1. The van der Waals surface area contributed by atoms with Gasteiger partial charge in [0.25, 0.3) is 5.89 Å². The van der Waals surface area contributed by atoms with Crippen molar-refractivity contribution < 1.29 is 9.21 Å². The maximum atomic E-state index is 12.2. The number of fused-ring (bicyclic) bond motifs is 1. The molecule has 0 atom stereocenters. The van der Waals surface area contributed by atoms with Crippen molar-refractivity contribution in [2.75, 3.05) is 0 Å². The van der Waals surface area contributed by atoms with Crippen LogP contribution in [0.2, 0.25) is 0 Å². The van der Waals surface area contributed by atoms with Crippen molar-refractivity contribution >= 4 is 32.8 Å². The molecule has 0 radical (unpaired) electrons. The van der Waals surface area contributed by atoms with E-state index in [2.05, 4.69) is 20.9 Å². The molecule has 94 valence electrons. The van der Waals surface area contributed by atoms with Crippen molar-refractivity contribution in [1.29, 1.82) is 0 Å². The van der Waals surface area contributed by atoms with E-state index in [9.17, 15) is 4.79 Å². The van der Waals surface area contributed by atoms with Gasteiger partial charge in [0.2, 0.25) is 5.78 Å². The summed E-state index contributed by atoms with van der Waals surface area (Å²) in [6.07, 6.45) is 0. The van der Waals surface area contributed by atoms with Crippen LogP contribution in [0.4, 0.5) is 0 Å². The van der Waals surface area contributed by atoms with Gasteiger partial charge in [0, 0.05) is 10.0 Å². The van der Waals surface area contributed by atoms with E-state index in [1.54, 1.807) is 12.1 Å². The molecule has 0 amide bonds. The van der Waals surface area contributed by atoms with Gasteiger partial charge in [-0.1, -0.05) is 22.0 Å². The maximum absolute atomic E-state index is 12.2. The summed E-state index contributed by atoms with van der Waals surface area (Å²) < 4.78 is 6.43. The van der Waals surface area contributed by atoms with Gasteiger partial charge in [-0.3, -0.25) is 4.79 Å². The Labute approximate surface area is 118 Å². The van der Waals surface area contributed by atoms with Crippen LogP contribution in [0.3, 0.4) is 0 Å². The lowest BCUT2D eigenvalue weighted by atomic mass is 10.1. The number of rotatable bonds is 2. The van der Waals surface area contributed by atoms with Gasteiger partial charge in [0.05, 0.1) is 0 Å². The third kappa shape index (κ3) is 2.31. The molecule has 0 unspecified atom stereocenters. The van der Waals surface area contributed by atoms with Crippen LogP contribution in [0.15, 0.2) is 51.4 Å². The van der Waals surface area contributed by atoms with Crippen molar-refractivity contribution in [3.05, 3.63) is 64.0 Å². The molecule has 0 aliphatic heterocycles. The first-order chi connectivity index (χ1) is 9.13. The molecule has 3 aromatic rings. The standard InChI is InChI=1S/C15H10BrNO2/c1-9-2-7-13-12(8-9)17-15(19-13)14(18)10-3-5-11(16)6-4-10/h2-8H,1H3. The zero-order valence-corrected chi connectivity index (χ0v) is 11.8. The van der Waals surface area contributed by atoms with Crippen LogP contribution >= 0.6 is 15.9 Å². The van der Waals surface area contributed by atoms with E-state index in [1.165, 1.54) is 0 Å². The van der Waals surface area contributed by atoms with Gasteiger partial charge in [0.1, 0.15) is 5.52 Å². The lowest BCUT2D eigenvalue weighted by molar-refractivity contribution is 0.100. The molecule has 1 heterocycles. The Balaban J connectivity index is 2.04. The average Bonchev–Trinajstić information content (AvgIpc) is 2.81. The molecule has 3 rings (SSSR count). The summed E-state index contributed by atoms with van der Waals surface area (Å²) in [5, 5.41) is 0. The van der Waals surface area contributed by atoms with Gasteiger partial charge in [-0.15, -0.1) is 0 Å². The third-order valence-electron chi connectivity index (χ3n) is 2.84. The van der Waals surface area contributed by atoms with Gasteiger partial charge in [-0.2, -0.15) is 0 Å². The summed E-state index contributed by atoms with van der Waals surface area (Å²) >= 11 is 3.34. The predicted molar refractivity (Wildman–Crippen MR) is 76.3 cm³/mol. The van der Waals surface area contributed by atoms with E-state index in [0.29, 0.717) is 16.7 Å². The van der Waals surface area contributed by atoms with Crippen LogP contribution in [-0.2, 0) is 0 Å². The number of hydrogen-bond acceptors (Lipinski definition) is 3. The second-order valence-electron chi connectivity index (χ2n) is 4.33. The van der Waals surface area contributed by atoms with E-state index in [1.807, 2.05) is 37.3 Å². The van der Waals surface area contributed by atoms with Gasteiger partial charge >= 0.3 is 0 Å². The molecule has 1 aromatic heterocycles. The Kier molecular flexibility index (Phi) is 2.95. The second-order valence-corrected chi connectivity index (χ2v) is 5.24. The van der Waals surface area contributed by atoms with Crippen LogP contribution < -0.4 is 0 Å². The molecule has 0 saturated heterocycles. The van der Waals surface area contributed by atoms with Crippen LogP contribution in [0, 0.1) is 6.92 Å². The van der Waals surface area contributed by atoms with E-state index in [-0.39, 0.29) is 11.7 Å². The molecular formula is C15H10BrNO2. The van der Waals surface area contributed by atoms with Gasteiger partial charge in [-0.05, 0) is 48.9 Å². The highest BCUT2D eigenvalue weighted by molar-refractivity contribution is 9.10. The molecule has 4 heteroatoms. The lowest BCUT2D eigenvalue weighted by Gasteiger charge is -1.96. The Morgan fingerprint density at radius 3 is 2.63 bits per heavy atom. The van der Waals surface area contributed by atoms with Gasteiger partial charge in [-0.25, -0.2) is 4.98 Å². The van der Waals surface area contributed by atoms with Crippen LogP contribution in [0.1, 0.15) is 21.8 Å². The van der Waals surface area contributed by atoms with Crippen molar-refractivity contribution in [3.8, 4) is 0 Å². The normalized spacial score (nSPS) is 10.8. The summed E-state index contributed by atoms with van der Waals surface area (Å²) in [5.74, 6) is -0.0794. The fourth-order valence-electron chi connectivity index (χ4n) is 1.86. The second kappa shape index (κ2) is 4.63. The van der Waals surface area contributed by atoms with Crippen LogP contribution in [-0.4, -0.2) is 10.8 Å². The first-order valence-corrected chi connectivity index (χ1v) is 6.60. The van der Waals surface area contributed by atoms with Crippen molar-refractivity contribution in [2.45, 2.75) is 6.92 Å². The Morgan fingerprint density at radius 1 is 1.16 bits per heavy atom. The smallest absolute Gasteiger partial charge is 0.269 e. The molecular weight excluding hydrogens is 306 g/mol. The summed E-state index contributed by atoms with van der Waals surface area (Å²) in [5.41, 5.74) is 2.99. The number of benzene rings is 2. The molecule has 0 bridgehead atoms. The summed E-state index contributed by atoms with van der Waals surface area (Å²) in [6.45, 7) is 1.98. The zero-order valence-electron chi connectivity index (χ0n) is 10.2. The number of ketones is 1. The highest BCUT2D eigenvalue weighted by Gasteiger charge is 2.16. The molecule has 0 saturated carbocycles. The number of halogens is 1. The largest absolute Gasteiger partial charge is 0.433 e. The van der Waals surface area contributed by atoms with Crippen molar-refractivity contribution in [2.24, 2.45) is 0 Å². The van der Waals surface area contributed by atoms with Crippen LogP contribution in [0.5, 0.6) is 0 Å². The summed E-state index contributed by atoms with van der Waals surface area (Å²) in [6, 6.07) is 12.8. The highest BCUT2D eigenvalue weighted by atomic mass is 79.9. The molecule has 3 nitrogen and oxygen atoms in total. The number of oxazole rings is 1. The summed E-state index contributed by atoms with van der Waals surface area (Å²) in [4.78, 5) is 16.5. The number of hydrogen-bond donors (Lipinski definition) is 0. The van der Waals surface area contributed by atoms with E-state index >= 15 is 0 Å². The Bertz CT molecular complexity index is 759. The number of aromatic nitrogens is 1. The fourth-order valence-corrected chi connectivity index (χ4v) is 2.12. The van der Waals surface area contributed by atoms with Crippen LogP contribution in [0.25, 0.3) is 11.1 Å². The molecule has 0 aliphatic rings. The minimum atomic E-state index is -0.207. The molecule has 0 aliphatic carbocycles. The molecule has 0 N–H and O–H groups in total. The highest BCUT2D eigenvalue weighted by Crippen LogP contribution is 2.20. The Hall–Kier alpha value is -1.94. The van der Waals surface area contributed by atoms with E-state index in [4.69, 9.17) is 4.42 Å². The SMILES string of the molecule is Cc1ccc2oc(C(=O)c3ccc(Br)cc3)nc2c1. The molecule has 0 fully saturated rings. The van der Waals surface area contributed by atoms with E-state index in [0.717, 1.165) is 10.0 Å². The minimum Gasteiger partial charge on any atom is -0.433 e. The average molecular weight is 316 g/mol. The third-order valence-corrected chi connectivity index (χ3v) is 3.37. The molecule has 2 aromatic carbocycles. The summed E-state index contributed by atoms with van der Waals surface area (Å²) in [7, 11) is 0. The number of aryl methyl sites for hydroxylation is 1. The maximum Gasteiger partial charge on any atom is 0.269 e. The minimum absolute atomic E-state index is 0.128. The number of carbonyl (C=O) groups is 1. The van der Waals surface area contributed by atoms with Gasteiger partial charge in [0.15, 0.2) is 5.58 Å². The molecule has 19 heavy (non-hydrogen) atoms. The molecule has 0 spiro atoms. The fraction of sp³-hybridized carbons (Fsp3) is 0.0667. The van der Waals surface area contributed by atoms with Crippen molar-refractivity contribution in [3.63, 3.8) is 0 Å². The topological polar surface area (TPSA) is 43.1 Å². The Morgan fingerprint density at radius 2 is 1.89 bits per heavy atom. The quantitative estimate of drug-likeness (QED) is 0.668. The monoisotopic (exact) mass is 315 g/mol. The number of carbonyl (C=O) groups excluding carboxylic acids is 1. The predicted octanol–water partition coefficient (Wildman–Crippen LogP) is 4.13. The zero-order chi connectivity index (χ0) is 13.4. The van der Waals surface area contributed by atoms with Gasteiger partial charge < -0.3 is 4.42 Å². The van der Waals surface area contributed by atoms with Crippen molar-refractivity contribution in [1.82, 2.24) is 4.98 Å². The first kappa shape index (κ1) is 12.1. The lowest BCUT2D eigenvalue weighted by Crippen LogP contribution is -2.00. The first-order valence-electron chi connectivity index (χ1n) is 5.81.